The van der Waals surface area contributed by atoms with Crippen molar-refractivity contribution in [3.63, 3.8) is 0 Å². The van der Waals surface area contributed by atoms with Gasteiger partial charge in [0, 0.05) is 18.6 Å². The molecule has 0 aliphatic carbocycles. The van der Waals surface area contributed by atoms with Crippen LogP contribution in [-0.4, -0.2) is 80.8 Å². The number of phenolic OH excluding ortho intramolecular Hbond substituents is 1. The lowest BCUT2D eigenvalue weighted by Gasteiger charge is -2.24. The van der Waals surface area contributed by atoms with Gasteiger partial charge in [0.05, 0.1) is 12.5 Å². The lowest BCUT2D eigenvalue weighted by Crippen LogP contribution is -2.58. The molecule has 0 heterocycles. The Morgan fingerprint density at radius 1 is 0.861 bits per heavy atom. The van der Waals surface area contributed by atoms with Gasteiger partial charge in [-0.25, -0.2) is 4.79 Å². The number of hydrogen-bond acceptors (Lipinski definition) is 9. The first-order valence-electron chi connectivity index (χ1n) is 10.6. The summed E-state index contributed by atoms with van der Waals surface area (Å²) in [6.07, 6.45) is -1.40. The Balaban J connectivity index is 2.90. The molecular weight excluding hydrogens is 498 g/mol. The van der Waals surface area contributed by atoms with Crippen LogP contribution in [0.15, 0.2) is 24.3 Å². The normalized spacial score (nSPS) is 13.9. The SMILES string of the molecule is NC(=O)CC(NC(=O)C(CS)NC(=O)C(N)CCC(=O)O)C(=O)NC(Cc1ccc(O)cc1)C(=O)O. The molecule has 1 aromatic rings. The number of nitrogens with two attached hydrogens (primary N) is 2. The lowest BCUT2D eigenvalue weighted by molar-refractivity contribution is -0.142. The average Bonchev–Trinajstić information content (AvgIpc) is 2.80. The molecule has 15 heteroatoms. The van der Waals surface area contributed by atoms with Gasteiger partial charge in [0.25, 0.3) is 0 Å². The zero-order chi connectivity index (χ0) is 27.4. The van der Waals surface area contributed by atoms with E-state index in [0.29, 0.717) is 5.56 Å². The predicted molar refractivity (Wildman–Crippen MR) is 128 cm³/mol. The summed E-state index contributed by atoms with van der Waals surface area (Å²) < 4.78 is 0. The molecule has 4 unspecified atom stereocenters. The number of aromatic hydroxyl groups is 1. The fourth-order valence-electron chi connectivity index (χ4n) is 2.91. The molecule has 10 N–H and O–H groups in total. The maximum absolute atomic E-state index is 12.7. The molecule has 0 bridgehead atoms. The number of hydrogen-bond donors (Lipinski definition) is 9. The summed E-state index contributed by atoms with van der Waals surface area (Å²) >= 11 is 3.97. The van der Waals surface area contributed by atoms with Gasteiger partial charge in [0.1, 0.15) is 23.9 Å². The molecule has 1 rings (SSSR count). The highest BCUT2D eigenvalue weighted by molar-refractivity contribution is 7.80. The van der Waals surface area contributed by atoms with Gasteiger partial charge in [0.2, 0.25) is 23.6 Å². The third-order valence-corrected chi connectivity index (χ3v) is 5.22. The summed E-state index contributed by atoms with van der Waals surface area (Å²) in [6.45, 7) is 0. The molecule has 0 aliphatic heterocycles. The topological polar surface area (TPSA) is 251 Å². The molecule has 1 aromatic carbocycles. The summed E-state index contributed by atoms with van der Waals surface area (Å²) in [5, 5.41) is 34.3. The van der Waals surface area contributed by atoms with Crippen molar-refractivity contribution in [2.75, 3.05) is 5.75 Å². The van der Waals surface area contributed by atoms with E-state index in [9.17, 15) is 39.0 Å². The molecule has 198 valence electrons. The Labute approximate surface area is 211 Å². The van der Waals surface area contributed by atoms with Gasteiger partial charge in [-0.1, -0.05) is 12.1 Å². The minimum absolute atomic E-state index is 0.0347. The zero-order valence-corrected chi connectivity index (χ0v) is 19.9. The quantitative estimate of drug-likeness (QED) is 0.108. The number of carboxylic acids is 2. The van der Waals surface area contributed by atoms with Gasteiger partial charge in [-0.3, -0.25) is 24.0 Å². The molecule has 14 nitrogen and oxygen atoms in total. The summed E-state index contributed by atoms with van der Waals surface area (Å²) in [6, 6.07) is 0.0442. The summed E-state index contributed by atoms with van der Waals surface area (Å²) in [7, 11) is 0. The number of primary amides is 1. The summed E-state index contributed by atoms with van der Waals surface area (Å²) in [4.78, 5) is 71.3. The second kappa shape index (κ2) is 14.5. The third-order valence-electron chi connectivity index (χ3n) is 4.85. The Hall–Kier alpha value is -3.85. The summed E-state index contributed by atoms with van der Waals surface area (Å²) in [5.41, 5.74) is 11.3. The Morgan fingerprint density at radius 3 is 1.89 bits per heavy atom. The Morgan fingerprint density at radius 2 is 1.39 bits per heavy atom. The van der Waals surface area contributed by atoms with Crippen molar-refractivity contribution < 1.29 is 44.1 Å². The highest BCUT2D eigenvalue weighted by Gasteiger charge is 2.31. The first-order chi connectivity index (χ1) is 16.8. The van der Waals surface area contributed by atoms with E-state index in [2.05, 4.69) is 28.6 Å². The van der Waals surface area contributed by atoms with Crippen LogP contribution >= 0.6 is 12.6 Å². The maximum atomic E-state index is 12.7. The third kappa shape index (κ3) is 10.6. The molecule has 36 heavy (non-hydrogen) atoms. The van der Waals surface area contributed by atoms with Gasteiger partial charge in [0.15, 0.2) is 0 Å². The van der Waals surface area contributed by atoms with E-state index in [-0.39, 0.29) is 30.8 Å². The van der Waals surface area contributed by atoms with Crippen molar-refractivity contribution in [2.24, 2.45) is 11.5 Å². The molecule has 0 fully saturated rings. The molecule has 0 aromatic heterocycles. The van der Waals surface area contributed by atoms with Crippen LogP contribution < -0.4 is 27.4 Å². The second-order valence-electron chi connectivity index (χ2n) is 7.78. The zero-order valence-electron chi connectivity index (χ0n) is 19.0. The first-order valence-corrected chi connectivity index (χ1v) is 11.3. The van der Waals surface area contributed by atoms with Crippen molar-refractivity contribution in [2.45, 2.75) is 49.9 Å². The van der Waals surface area contributed by atoms with E-state index in [0.717, 1.165) is 0 Å². The number of benzene rings is 1. The fourth-order valence-corrected chi connectivity index (χ4v) is 3.16. The van der Waals surface area contributed by atoms with Crippen LogP contribution in [0.4, 0.5) is 0 Å². The maximum Gasteiger partial charge on any atom is 0.326 e. The highest BCUT2D eigenvalue weighted by Crippen LogP contribution is 2.12. The van der Waals surface area contributed by atoms with Crippen LogP contribution in [-0.2, 0) is 35.2 Å². The van der Waals surface area contributed by atoms with Gasteiger partial charge >= 0.3 is 11.9 Å². The van der Waals surface area contributed by atoms with Crippen LogP contribution in [0, 0.1) is 0 Å². The average molecular weight is 528 g/mol. The van der Waals surface area contributed by atoms with E-state index in [1.165, 1.54) is 24.3 Å². The van der Waals surface area contributed by atoms with Crippen LogP contribution in [0.2, 0.25) is 0 Å². The van der Waals surface area contributed by atoms with E-state index < -0.39 is 66.2 Å². The number of rotatable bonds is 15. The molecule has 4 amide bonds. The molecule has 4 atom stereocenters. The molecule has 0 aliphatic rings. The largest absolute Gasteiger partial charge is 0.508 e. The molecule has 0 saturated heterocycles. The highest BCUT2D eigenvalue weighted by atomic mass is 32.1. The van der Waals surface area contributed by atoms with Crippen LogP contribution in [0.1, 0.15) is 24.8 Å². The van der Waals surface area contributed by atoms with Crippen molar-refractivity contribution in [1.82, 2.24) is 16.0 Å². The van der Waals surface area contributed by atoms with Crippen LogP contribution in [0.5, 0.6) is 5.75 Å². The van der Waals surface area contributed by atoms with Gasteiger partial charge in [-0.2, -0.15) is 12.6 Å². The minimum Gasteiger partial charge on any atom is -0.508 e. The first kappa shape index (κ1) is 30.2. The molecule has 0 spiro atoms. The van der Waals surface area contributed by atoms with E-state index in [1.807, 2.05) is 0 Å². The van der Waals surface area contributed by atoms with Crippen LogP contribution in [0.25, 0.3) is 0 Å². The van der Waals surface area contributed by atoms with E-state index in [1.54, 1.807) is 0 Å². The number of amides is 4. The molecular formula is C21H29N5O9S. The second-order valence-corrected chi connectivity index (χ2v) is 8.15. The monoisotopic (exact) mass is 527 g/mol. The Bertz CT molecular complexity index is 973. The van der Waals surface area contributed by atoms with Crippen molar-refractivity contribution in [3.05, 3.63) is 29.8 Å². The van der Waals surface area contributed by atoms with Gasteiger partial charge in [-0.05, 0) is 24.1 Å². The van der Waals surface area contributed by atoms with Gasteiger partial charge in [-0.15, -0.1) is 0 Å². The lowest BCUT2D eigenvalue weighted by atomic mass is 10.0. The van der Waals surface area contributed by atoms with Crippen LogP contribution in [0.3, 0.4) is 0 Å². The number of carbonyl (C=O) groups is 6. The van der Waals surface area contributed by atoms with E-state index in [4.69, 9.17) is 16.6 Å². The minimum atomic E-state index is -1.57. The van der Waals surface area contributed by atoms with Crippen molar-refractivity contribution >= 4 is 48.2 Å². The standard InChI is InChI=1S/C21H29N5O9S/c22-12(5-6-17(29)30)18(31)26-15(9-36)20(33)24-13(8-16(23)28)19(32)25-14(21(34)35)7-10-1-3-11(27)4-2-10/h1-4,12-15,27,36H,5-9,22H2,(H2,23,28)(H,24,33)(H,25,32)(H,26,31)(H,29,30)(H,34,35). The number of aliphatic carboxylic acids is 2. The fraction of sp³-hybridized carbons (Fsp3) is 0.429. The van der Waals surface area contributed by atoms with Crippen molar-refractivity contribution in [3.8, 4) is 5.75 Å². The smallest absolute Gasteiger partial charge is 0.326 e. The van der Waals surface area contributed by atoms with E-state index >= 15 is 0 Å². The van der Waals surface area contributed by atoms with Gasteiger partial charge < -0.3 is 42.7 Å². The number of nitrogens with one attached hydrogen (secondary N) is 3. The molecule has 0 radical (unpaired) electrons. The number of phenols is 1. The Kier molecular flexibility index (Phi) is 12.2. The summed E-state index contributed by atoms with van der Waals surface area (Å²) in [5.74, 6) is -6.58. The number of carbonyl (C=O) groups excluding carboxylic acids is 4. The van der Waals surface area contributed by atoms with Crippen molar-refractivity contribution in [1.29, 1.82) is 0 Å². The predicted octanol–water partition coefficient (Wildman–Crippen LogP) is -2.53. The number of carboxylic acid groups (broad SMARTS) is 2. The molecule has 0 saturated carbocycles. The number of thiol groups is 1.